The second kappa shape index (κ2) is 6.65. The molecule has 1 fully saturated rings. The molecule has 0 spiro atoms. The Morgan fingerprint density at radius 2 is 2.19 bits per heavy atom. The summed E-state index contributed by atoms with van der Waals surface area (Å²) in [7, 11) is 0. The molecule has 3 rings (SSSR count). The van der Waals surface area contributed by atoms with Gasteiger partial charge in [-0.3, -0.25) is 4.98 Å². The minimum Gasteiger partial charge on any atom is -0.480 e. The predicted octanol–water partition coefficient (Wildman–Crippen LogP) is 2.33. The van der Waals surface area contributed by atoms with Crippen LogP contribution in [0.15, 0.2) is 48.8 Å². The second-order valence-electron chi connectivity index (χ2n) is 4.87. The summed E-state index contributed by atoms with van der Waals surface area (Å²) in [6.45, 7) is 2.09. The molecule has 1 N–H and O–H groups in total. The minimum absolute atomic E-state index is 0.178. The van der Waals surface area contributed by atoms with Crippen LogP contribution in [0, 0.1) is 5.82 Å². The van der Waals surface area contributed by atoms with E-state index in [0.29, 0.717) is 13.2 Å². The van der Waals surface area contributed by atoms with Crippen molar-refractivity contribution in [2.45, 2.75) is 12.2 Å². The van der Waals surface area contributed by atoms with Gasteiger partial charge in [0.2, 0.25) is 0 Å². The molecular formula is C16H17FN2O2. The summed E-state index contributed by atoms with van der Waals surface area (Å²) in [6.07, 6.45) is 2.85. The van der Waals surface area contributed by atoms with Gasteiger partial charge in [0.15, 0.2) is 17.7 Å². The largest absolute Gasteiger partial charge is 0.480 e. The van der Waals surface area contributed by atoms with Crippen LogP contribution in [0.5, 0.6) is 5.75 Å². The smallest absolute Gasteiger partial charge is 0.165 e. The van der Waals surface area contributed by atoms with Crippen molar-refractivity contribution in [1.82, 2.24) is 10.3 Å². The molecule has 1 unspecified atom stereocenters. The summed E-state index contributed by atoms with van der Waals surface area (Å²) < 4.78 is 25.5. The maximum atomic E-state index is 13.8. The number of halogens is 1. The van der Waals surface area contributed by atoms with Crippen molar-refractivity contribution in [3.63, 3.8) is 0 Å². The molecule has 1 aromatic heterocycles. The maximum Gasteiger partial charge on any atom is 0.165 e. The van der Waals surface area contributed by atoms with Gasteiger partial charge in [0.05, 0.1) is 6.61 Å². The zero-order valence-electron chi connectivity index (χ0n) is 11.5. The van der Waals surface area contributed by atoms with Gasteiger partial charge < -0.3 is 14.8 Å². The van der Waals surface area contributed by atoms with Crippen molar-refractivity contribution in [3.8, 4) is 5.75 Å². The Hall–Kier alpha value is -1.98. The topological polar surface area (TPSA) is 43.4 Å². The lowest BCUT2D eigenvalue weighted by Crippen LogP contribution is -2.43. The van der Waals surface area contributed by atoms with Crippen molar-refractivity contribution < 1.29 is 13.9 Å². The zero-order chi connectivity index (χ0) is 14.5. The van der Waals surface area contributed by atoms with Crippen LogP contribution in [0.1, 0.15) is 11.7 Å². The van der Waals surface area contributed by atoms with Crippen molar-refractivity contribution in [2.75, 3.05) is 19.7 Å². The van der Waals surface area contributed by atoms with Gasteiger partial charge in [0.25, 0.3) is 0 Å². The molecule has 1 aliphatic rings. The third-order valence-electron chi connectivity index (χ3n) is 3.40. The van der Waals surface area contributed by atoms with Crippen LogP contribution in [-0.4, -0.2) is 30.8 Å². The fourth-order valence-electron chi connectivity index (χ4n) is 2.36. The second-order valence-corrected chi connectivity index (χ2v) is 4.87. The number of benzene rings is 1. The van der Waals surface area contributed by atoms with Gasteiger partial charge in [-0.2, -0.15) is 0 Å². The molecule has 0 aliphatic carbocycles. The first-order chi connectivity index (χ1) is 10.3. The molecule has 2 aromatic rings. The fourth-order valence-corrected chi connectivity index (χ4v) is 2.36. The van der Waals surface area contributed by atoms with Crippen molar-refractivity contribution in [1.29, 1.82) is 0 Å². The Balaban J connectivity index is 1.87. The molecule has 2 heterocycles. The summed E-state index contributed by atoms with van der Waals surface area (Å²) in [6, 6.07) is 10.1. The molecule has 1 aromatic carbocycles. The third kappa shape index (κ3) is 3.37. The van der Waals surface area contributed by atoms with Crippen molar-refractivity contribution in [3.05, 3.63) is 60.2 Å². The Morgan fingerprint density at radius 3 is 2.90 bits per heavy atom. The van der Waals surface area contributed by atoms with E-state index in [-0.39, 0.29) is 17.7 Å². The first-order valence-corrected chi connectivity index (χ1v) is 6.98. The molecule has 4 nitrogen and oxygen atoms in total. The lowest BCUT2D eigenvalue weighted by Gasteiger charge is -2.31. The highest BCUT2D eigenvalue weighted by Gasteiger charge is 2.28. The van der Waals surface area contributed by atoms with Crippen molar-refractivity contribution in [2.24, 2.45) is 0 Å². The standard InChI is InChI=1S/C16H17FN2O2/c17-13-5-1-2-6-14(13)21-16(12-4-3-7-18-10-12)15-11-19-8-9-20-15/h1-7,10,15-16,19H,8-9,11H2/t15-,16?/m0/s1. The average Bonchev–Trinajstić information content (AvgIpc) is 2.56. The summed E-state index contributed by atoms with van der Waals surface area (Å²) in [5, 5.41) is 3.27. The highest BCUT2D eigenvalue weighted by Crippen LogP contribution is 2.28. The van der Waals surface area contributed by atoms with E-state index in [1.807, 2.05) is 12.1 Å². The van der Waals surface area contributed by atoms with E-state index < -0.39 is 6.10 Å². The SMILES string of the molecule is Fc1ccccc1OC(c1cccnc1)[C@@H]1CNCCO1. The number of pyridine rings is 1. The Kier molecular flexibility index (Phi) is 4.43. The highest BCUT2D eigenvalue weighted by molar-refractivity contribution is 5.26. The van der Waals surface area contributed by atoms with Crippen LogP contribution in [0.4, 0.5) is 4.39 Å². The number of rotatable bonds is 4. The number of morpholine rings is 1. The van der Waals surface area contributed by atoms with Gasteiger partial charge in [-0.15, -0.1) is 0 Å². The number of hydrogen-bond acceptors (Lipinski definition) is 4. The van der Waals surface area contributed by atoms with Gasteiger partial charge in [-0.25, -0.2) is 4.39 Å². The molecule has 0 amide bonds. The van der Waals surface area contributed by atoms with Gasteiger partial charge in [0.1, 0.15) is 6.10 Å². The minimum atomic E-state index is -0.400. The van der Waals surface area contributed by atoms with E-state index in [2.05, 4.69) is 10.3 Å². The maximum absolute atomic E-state index is 13.8. The molecule has 21 heavy (non-hydrogen) atoms. The Bertz CT molecular complexity index is 573. The fraction of sp³-hybridized carbons (Fsp3) is 0.312. The van der Waals surface area contributed by atoms with E-state index in [9.17, 15) is 4.39 Å². The predicted molar refractivity (Wildman–Crippen MR) is 76.6 cm³/mol. The summed E-state index contributed by atoms with van der Waals surface area (Å²) in [5.41, 5.74) is 0.870. The number of hydrogen-bond donors (Lipinski definition) is 1. The quantitative estimate of drug-likeness (QED) is 0.937. The van der Waals surface area contributed by atoms with Crippen LogP contribution in [0.25, 0.3) is 0 Å². The lowest BCUT2D eigenvalue weighted by atomic mass is 10.1. The van der Waals surface area contributed by atoms with Crippen LogP contribution in [0.2, 0.25) is 0 Å². The van der Waals surface area contributed by atoms with Crippen LogP contribution < -0.4 is 10.1 Å². The van der Waals surface area contributed by atoms with Gasteiger partial charge in [-0.05, 0) is 18.2 Å². The van der Waals surface area contributed by atoms with Crippen LogP contribution in [0.3, 0.4) is 0 Å². The van der Waals surface area contributed by atoms with E-state index >= 15 is 0 Å². The van der Waals surface area contributed by atoms with Gasteiger partial charge in [0, 0.05) is 31.0 Å². The van der Waals surface area contributed by atoms with Crippen molar-refractivity contribution >= 4 is 0 Å². The molecule has 110 valence electrons. The van der Waals surface area contributed by atoms with Crippen LogP contribution in [-0.2, 0) is 4.74 Å². The summed E-state index contributed by atoms with van der Waals surface area (Å²) >= 11 is 0. The Labute approximate surface area is 122 Å². The first-order valence-electron chi connectivity index (χ1n) is 6.98. The summed E-state index contributed by atoms with van der Waals surface area (Å²) in [5.74, 6) is -0.157. The van der Waals surface area contributed by atoms with Gasteiger partial charge >= 0.3 is 0 Å². The average molecular weight is 288 g/mol. The molecule has 0 saturated carbocycles. The van der Waals surface area contributed by atoms with E-state index in [1.54, 1.807) is 30.6 Å². The number of ether oxygens (including phenoxy) is 2. The molecular weight excluding hydrogens is 271 g/mol. The normalized spacial score (nSPS) is 20.0. The number of para-hydroxylation sites is 1. The van der Waals surface area contributed by atoms with E-state index in [4.69, 9.17) is 9.47 Å². The number of nitrogens with zero attached hydrogens (tertiary/aromatic N) is 1. The van der Waals surface area contributed by atoms with Gasteiger partial charge in [-0.1, -0.05) is 18.2 Å². The molecule has 1 saturated heterocycles. The summed E-state index contributed by atoms with van der Waals surface area (Å²) in [4.78, 5) is 4.11. The van der Waals surface area contributed by atoms with E-state index in [1.165, 1.54) is 6.07 Å². The molecule has 0 radical (unpaired) electrons. The van der Waals surface area contributed by atoms with E-state index in [0.717, 1.165) is 12.1 Å². The first kappa shape index (κ1) is 14.0. The number of aromatic nitrogens is 1. The van der Waals surface area contributed by atoms with Crippen LogP contribution >= 0.6 is 0 Å². The third-order valence-corrected chi connectivity index (χ3v) is 3.40. The monoisotopic (exact) mass is 288 g/mol. The number of nitrogens with one attached hydrogen (secondary N) is 1. The highest BCUT2D eigenvalue weighted by atomic mass is 19.1. The molecule has 0 bridgehead atoms. The molecule has 5 heteroatoms. The molecule has 2 atom stereocenters. The molecule has 1 aliphatic heterocycles. The lowest BCUT2D eigenvalue weighted by molar-refractivity contribution is -0.0443. The zero-order valence-corrected chi connectivity index (χ0v) is 11.5. The Morgan fingerprint density at radius 1 is 1.29 bits per heavy atom.